The summed E-state index contributed by atoms with van der Waals surface area (Å²) in [5.41, 5.74) is 2.51. The molecule has 0 atom stereocenters. The number of halogens is 1. The van der Waals surface area contributed by atoms with E-state index >= 15 is 0 Å². The molecule has 0 aliphatic carbocycles. The van der Waals surface area contributed by atoms with Crippen LogP contribution in [0.2, 0.25) is 5.02 Å². The van der Waals surface area contributed by atoms with Gasteiger partial charge in [-0.15, -0.1) is 5.10 Å². The van der Waals surface area contributed by atoms with Crippen molar-refractivity contribution in [3.05, 3.63) is 82.6 Å². The standard InChI is InChI=1S/C19H19ClN4O/c20-17-11-5-4-10-16(17)13-24-14-18(22-23-24)19(25)21-12-6-9-15-7-2-1-3-8-15/h1-5,7-8,10-11,14H,6,9,12-13H2,(H,21,25). The van der Waals surface area contributed by atoms with Gasteiger partial charge in [-0.1, -0.05) is 65.3 Å². The van der Waals surface area contributed by atoms with E-state index in [1.54, 1.807) is 10.9 Å². The van der Waals surface area contributed by atoms with E-state index in [0.29, 0.717) is 23.8 Å². The molecule has 0 saturated carbocycles. The Labute approximate surface area is 151 Å². The van der Waals surface area contributed by atoms with Gasteiger partial charge in [-0.3, -0.25) is 4.79 Å². The number of amides is 1. The maximum atomic E-state index is 12.1. The lowest BCUT2D eigenvalue weighted by molar-refractivity contribution is 0.0948. The van der Waals surface area contributed by atoms with Gasteiger partial charge >= 0.3 is 0 Å². The molecule has 0 aliphatic heterocycles. The number of nitrogens with zero attached hydrogens (tertiary/aromatic N) is 3. The van der Waals surface area contributed by atoms with Crippen LogP contribution >= 0.6 is 11.6 Å². The Kier molecular flexibility index (Phi) is 5.80. The third-order valence-corrected chi connectivity index (χ3v) is 4.20. The van der Waals surface area contributed by atoms with E-state index in [2.05, 4.69) is 27.8 Å². The van der Waals surface area contributed by atoms with Crippen LogP contribution in [0, 0.1) is 0 Å². The summed E-state index contributed by atoms with van der Waals surface area (Å²) in [6.45, 7) is 1.08. The summed E-state index contributed by atoms with van der Waals surface area (Å²) in [5.74, 6) is -0.210. The molecule has 0 unspecified atom stereocenters. The average molecular weight is 355 g/mol. The van der Waals surface area contributed by atoms with Gasteiger partial charge < -0.3 is 5.32 Å². The molecule has 128 valence electrons. The minimum Gasteiger partial charge on any atom is -0.351 e. The van der Waals surface area contributed by atoms with E-state index in [-0.39, 0.29) is 5.91 Å². The Morgan fingerprint density at radius 3 is 2.64 bits per heavy atom. The Balaban J connectivity index is 1.48. The van der Waals surface area contributed by atoms with Crippen LogP contribution in [-0.4, -0.2) is 27.4 Å². The fourth-order valence-electron chi connectivity index (χ4n) is 2.51. The van der Waals surface area contributed by atoms with Crippen molar-refractivity contribution >= 4 is 17.5 Å². The second-order valence-electron chi connectivity index (χ2n) is 5.74. The van der Waals surface area contributed by atoms with Gasteiger partial charge in [0, 0.05) is 11.6 Å². The van der Waals surface area contributed by atoms with Crippen molar-refractivity contribution in [1.82, 2.24) is 20.3 Å². The lowest BCUT2D eigenvalue weighted by atomic mass is 10.1. The molecule has 1 heterocycles. The predicted octanol–water partition coefficient (Wildman–Crippen LogP) is 3.34. The highest BCUT2D eigenvalue weighted by molar-refractivity contribution is 6.31. The first-order valence-electron chi connectivity index (χ1n) is 8.18. The SMILES string of the molecule is O=C(NCCCc1ccccc1)c1cn(Cc2ccccc2Cl)nn1. The fraction of sp³-hybridized carbons (Fsp3) is 0.211. The molecule has 3 rings (SSSR count). The van der Waals surface area contributed by atoms with Crippen LogP contribution in [0.4, 0.5) is 0 Å². The number of hydrogen-bond acceptors (Lipinski definition) is 3. The van der Waals surface area contributed by atoms with Crippen LogP contribution in [-0.2, 0) is 13.0 Å². The van der Waals surface area contributed by atoms with Gasteiger partial charge in [0.2, 0.25) is 0 Å². The molecule has 0 saturated heterocycles. The average Bonchev–Trinajstić information content (AvgIpc) is 3.10. The van der Waals surface area contributed by atoms with E-state index in [9.17, 15) is 4.79 Å². The Hall–Kier alpha value is -2.66. The lowest BCUT2D eigenvalue weighted by Gasteiger charge is -2.04. The highest BCUT2D eigenvalue weighted by atomic mass is 35.5. The zero-order chi connectivity index (χ0) is 17.5. The quantitative estimate of drug-likeness (QED) is 0.662. The first kappa shape index (κ1) is 17.2. The number of aromatic nitrogens is 3. The molecular weight excluding hydrogens is 336 g/mol. The van der Waals surface area contributed by atoms with Gasteiger partial charge in [-0.2, -0.15) is 0 Å². The maximum absolute atomic E-state index is 12.1. The number of rotatable bonds is 7. The van der Waals surface area contributed by atoms with Crippen LogP contribution in [0.5, 0.6) is 0 Å². The van der Waals surface area contributed by atoms with Gasteiger partial charge in [0.25, 0.3) is 5.91 Å². The monoisotopic (exact) mass is 354 g/mol. The number of aryl methyl sites for hydroxylation is 1. The van der Waals surface area contributed by atoms with E-state index in [1.165, 1.54) is 5.56 Å². The first-order valence-corrected chi connectivity index (χ1v) is 8.56. The van der Waals surface area contributed by atoms with Crippen molar-refractivity contribution in [2.75, 3.05) is 6.54 Å². The Morgan fingerprint density at radius 1 is 1.08 bits per heavy atom. The molecule has 1 amide bonds. The molecule has 0 radical (unpaired) electrons. The van der Waals surface area contributed by atoms with Crippen LogP contribution in [0.25, 0.3) is 0 Å². The minimum atomic E-state index is -0.210. The Bertz CT molecular complexity index is 832. The fourth-order valence-corrected chi connectivity index (χ4v) is 2.71. The van der Waals surface area contributed by atoms with Crippen molar-refractivity contribution in [2.24, 2.45) is 0 Å². The molecule has 6 heteroatoms. The number of carbonyl (C=O) groups is 1. The van der Waals surface area contributed by atoms with Crippen LogP contribution in [0.1, 0.15) is 28.0 Å². The van der Waals surface area contributed by atoms with Crippen LogP contribution in [0.15, 0.2) is 60.8 Å². The van der Waals surface area contributed by atoms with Gasteiger partial charge in [-0.25, -0.2) is 4.68 Å². The normalized spacial score (nSPS) is 10.6. The highest BCUT2D eigenvalue weighted by Gasteiger charge is 2.11. The van der Waals surface area contributed by atoms with E-state index in [1.807, 2.05) is 42.5 Å². The molecule has 0 bridgehead atoms. The summed E-state index contributed by atoms with van der Waals surface area (Å²) in [5, 5.41) is 11.5. The molecular formula is C19H19ClN4O. The number of nitrogens with one attached hydrogen (secondary N) is 1. The number of benzene rings is 2. The van der Waals surface area contributed by atoms with Crippen molar-refractivity contribution < 1.29 is 4.79 Å². The first-order chi connectivity index (χ1) is 12.2. The van der Waals surface area contributed by atoms with Gasteiger partial charge in [0.1, 0.15) is 0 Å². The third kappa shape index (κ3) is 4.90. The molecule has 1 aromatic heterocycles. The zero-order valence-electron chi connectivity index (χ0n) is 13.7. The molecule has 3 aromatic rings. The second-order valence-corrected chi connectivity index (χ2v) is 6.15. The van der Waals surface area contributed by atoms with Crippen LogP contribution in [0.3, 0.4) is 0 Å². The van der Waals surface area contributed by atoms with Crippen LogP contribution < -0.4 is 5.32 Å². The summed E-state index contributed by atoms with van der Waals surface area (Å²) >= 11 is 6.14. The van der Waals surface area contributed by atoms with Gasteiger partial charge in [0.15, 0.2) is 5.69 Å². The van der Waals surface area contributed by atoms with Crippen molar-refractivity contribution in [1.29, 1.82) is 0 Å². The van der Waals surface area contributed by atoms with Crippen molar-refractivity contribution in [2.45, 2.75) is 19.4 Å². The molecule has 0 fully saturated rings. The minimum absolute atomic E-state index is 0.210. The summed E-state index contributed by atoms with van der Waals surface area (Å²) in [6.07, 6.45) is 3.44. The van der Waals surface area contributed by atoms with Crippen molar-refractivity contribution in [3.63, 3.8) is 0 Å². The smallest absolute Gasteiger partial charge is 0.273 e. The van der Waals surface area contributed by atoms with Gasteiger partial charge in [-0.05, 0) is 30.0 Å². The molecule has 5 nitrogen and oxygen atoms in total. The largest absolute Gasteiger partial charge is 0.351 e. The second kappa shape index (κ2) is 8.44. The number of carbonyl (C=O) groups excluding carboxylic acids is 1. The summed E-state index contributed by atoms with van der Waals surface area (Å²) in [7, 11) is 0. The van der Waals surface area contributed by atoms with E-state index in [0.717, 1.165) is 18.4 Å². The predicted molar refractivity (Wildman–Crippen MR) is 97.7 cm³/mol. The van der Waals surface area contributed by atoms with Gasteiger partial charge in [0.05, 0.1) is 12.7 Å². The summed E-state index contributed by atoms with van der Waals surface area (Å²) in [4.78, 5) is 12.1. The summed E-state index contributed by atoms with van der Waals surface area (Å²) in [6, 6.07) is 17.7. The zero-order valence-corrected chi connectivity index (χ0v) is 14.5. The molecule has 0 spiro atoms. The Morgan fingerprint density at radius 2 is 1.84 bits per heavy atom. The number of hydrogen-bond donors (Lipinski definition) is 1. The highest BCUT2D eigenvalue weighted by Crippen LogP contribution is 2.15. The molecule has 1 N–H and O–H groups in total. The summed E-state index contributed by atoms with van der Waals surface area (Å²) < 4.78 is 1.61. The van der Waals surface area contributed by atoms with Crippen molar-refractivity contribution in [3.8, 4) is 0 Å². The molecule has 25 heavy (non-hydrogen) atoms. The lowest BCUT2D eigenvalue weighted by Crippen LogP contribution is -2.25. The van der Waals surface area contributed by atoms with E-state index in [4.69, 9.17) is 11.6 Å². The third-order valence-electron chi connectivity index (χ3n) is 3.83. The van der Waals surface area contributed by atoms with E-state index < -0.39 is 0 Å². The molecule has 2 aromatic carbocycles. The topological polar surface area (TPSA) is 59.8 Å². The maximum Gasteiger partial charge on any atom is 0.273 e. The molecule has 0 aliphatic rings.